The molecule has 22 heavy (non-hydrogen) atoms. The first kappa shape index (κ1) is 14.9. The van der Waals surface area contributed by atoms with Gasteiger partial charge in [0.05, 0.1) is 41.8 Å². The number of nitrogen functional groups attached to an aromatic ring is 1. The van der Waals surface area contributed by atoms with Crippen molar-refractivity contribution >= 4 is 27.9 Å². The average molecular weight is 318 g/mol. The van der Waals surface area contributed by atoms with Gasteiger partial charge in [-0.1, -0.05) is 12.1 Å². The molecule has 1 aromatic carbocycles. The quantitative estimate of drug-likeness (QED) is 0.795. The molecule has 1 atom stereocenters. The Bertz CT molecular complexity index is 711. The Morgan fingerprint density at radius 3 is 2.95 bits per heavy atom. The van der Waals surface area contributed by atoms with Gasteiger partial charge in [-0.25, -0.2) is 0 Å². The van der Waals surface area contributed by atoms with Crippen LogP contribution in [0.2, 0.25) is 0 Å². The number of likely N-dealkylation sites (N-methyl/N-ethyl adjacent to an activating group) is 1. The molecular weight excluding hydrogens is 298 g/mol. The number of nitrogens with two attached hydrogens (primary N) is 1. The van der Waals surface area contributed by atoms with E-state index < -0.39 is 0 Å². The first-order valence-corrected chi connectivity index (χ1v) is 8.07. The SMILES string of the molecule is COc1ccccc1NC(=O)c1c(N)sc2c1CC[NH+](C)C2. The zero-order valence-corrected chi connectivity index (χ0v) is 13.5. The minimum absolute atomic E-state index is 0.154. The van der Waals surface area contributed by atoms with Gasteiger partial charge in [-0.2, -0.15) is 0 Å². The highest BCUT2D eigenvalue weighted by Crippen LogP contribution is 2.33. The summed E-state index contributed by atoms with van der Waals surface area (Å²) < 4.78 is 5.27. The molecule has 5 nitrogen and oxygen atoms in total. The lowest BCUT2D eigenvalue weighted by molar-refractivity contribution is -0.895. The maximum Gasteiger partial charge on any atom is 0.259 e. The van der Waals surface area contributed by atoms with Crippen LogP contribution >= 0.6 is 11.3 Å². The van der Waals surface area contributed by atoms with E-state index in [0.717, 1.165) is 25.1 Å². The van der Waals surface area contributed by atoms with E-state index in [2.05, 4.69) is 12.4 Å². The van der Waals surface area contributed by atoms with Crippen LogP contribution in [0.5, 0.6) is 5.75 Å². The van der Waals surface area contributed by atoms with E-state index in [4.69, 9.17) is 10.5 Å². The molecule has 0 saturated carbocycles. The van der Waals surface area contributed by atoms with Gasteiger partial charge >= 0.3 is 0 Å². The maximum absolute atomic E-state index is 12.7. The van der Waals surface area contributed by atoms with Gasteiger partial charge in [0, 0.05) is 6.42 Å². The third-order valence-corrected chi connectivity index (χ3v) is 5.03. The lowest BCUT2D eigenvalue weighted by Gasteiger charge is -2.20. The van der Waals surface area contributed by atoms with Crippen molar-refractivity contribution < 1.29 is 14.4 Å². The van der Waals surface area contributed by atoms with Crippen LogP contribution in [0, 0.1) is 0 Å². The number of para-hydroxylation sites is 2. The third-order valence-electron chi connectivity index (χ3n) is 3.96. The normalized spacial score (nSPS) is 16.9. The number of rotatable bonds is 3. The van der Waals surface area contributed by atoms with E-state index in [-0.39, 0.29) is 5.91 Å². The molecule has 116 valence electrons. The van der Waals surface area contributed by atoms with E-state index in [1.54, 1.807) is 7.11 Å². The summed E-state index contributed by atoms with van der Waals surface area (Å²) in [5.74, 6) is 0.488. The van der Waals surface area contributed by atoms with Crippen LogP contribution in [0.25, 0.3) is 0 Å². The van der Waals surface area contributed by atoms with Crippen LogP contribution in [0.3, 0.4) is 0 Å². The van der Waals surface area contributed by atoms with Crippen molar-refractivity contribution in [3.8, 4) is 5.75 Å². The topological polar surface area (TPSA) is 68.8 Å². The smallest absolute Gasteiger partial charge is 0.259 e. The van der Waals surface area contributed by atoms with Crippen LogP contribution in [0.4, 0.5) is 10.7 Å². The molecule has 0 aliphatic carbocycles. The van der Waals surface area contributed by atoms with Gasteiger partial charge < -0.3 is 20.7 Å². The summed E-state index contributed by atoms with van der Waals surface area (Å²) in [6.45, 7) is 1.96. The number of carbonyl (C=O) groups is 1. The summed E-state index contributed by atoms with van der Waals surface area (Å²) >= 11 is 1.53. The van der Waals surface area contributed by atoms with Gasteiger partial charge in [0.1, 0.15) is 12.3 Å². The number of ether oxygens (including phenoxy) is 1. The minimum atomic E-state index is -0.154. The van der Waals surface area contributed by atoms with Crippen LogP contribution in [-0.4, -0.2) is 26.6 Å². The van der Waals surface area contributed by atoms with Gasteiger partial charge in [-0.3, -0.25) is 4.79 Å². The molecule has 2 heterocycles. The largest absolute Gasteiger partial charge is 0.495 e. The second kappa shape index (κ2) is 5.98. The number of hydrogen-bond donors (Lipinski definition) is 3. The van der Waals surface area contributed by atoms with E-state index in [1.807, 2.05) is 24.3 Å². The van der Waals surface area contributed by atoms with Crippen LogP contribution in [0.1, 0.15) is 20.8 Å². The predicted molar refractivity (Wildman–Crippen MR) is 88.8 cm³/mol. The number of amides is 1. The van der Waals surface area contributed by atoms with Crippen molar-refractivity contribution in [3.05, 3.63) is 40.3 Å². The van der Waals surface area contributed by atoms with Gasteiger partial charge in [-0.05, 0) is 17.7 Å². The highest BCUT2D eigenvalue weighted by atomic mass is 32.1. The summed E-state index contributed by atoms with van der Waals surface area (Å²) in [4.78, 5) is 15.3. The molecule has 0 spiro atoms. The van der Waals surface area contributed by atoms with E-state index in [0.29, 0.717) is 22.0 Å². The number of carbonyl (C=O) groups excluding carboxylic acids is 1. The molecule has 6 heteroatoms. The number of anilines is 2. The highest BCUT2D eigenvalue weighted by Gasteiger charge is 2.27. The minimum Gasteiger partial charge on any atom is -0.495 e. The molecule has 1 unspecified atom stereocenters. The molecular formula is C16H20N3O2S+. The molecule has 2 aromatic rings. The van der Waals surface area contributed by atoms with Crippen molar-refractivity contribution in [1.82, 2.24) is 0 Å². The second-order valence-corrected chi connectivity index (χ2v) is 6.67. The Balaban J connectivity index is 1.90. The van der Waals surface area contributed by atoms with E-state index in [9.17, 15) is 4.79 Å². The zero-order valence-electron chi connectivity index (χ0n) is 12.7. The second-order valence-electron chi connectivity index (χ2n) is 5.53. The first-order chi connectivity index (χ1) is 10.6. The molecule has 1 aliphatic rings. The van der Waals surface area contributed by atoms with Gasteiger partial charge in [0.25, 0.3) is 5.91 Å². The predicted octanol–water partition coefficient (Wildman–Crippen LogP) is 1.16. The Labute approximate surface area is 133 Å². The molecule has 0 fully saturated rings. The number of fused-ring (bicyclic) bond motifs is 1. The summed E-state index contributed by atoms with van der Waals surface area (Å²) in [7, 11) is 3.75. The standard InChI is InChI=1S/C16H19N3O2S/c1-19-8-7-10-13(9-19)22-15(17)14(10)16(20)18-11-5-3-4-6-12(11)21-2/h3-6H,7-9,17H2,1-2H3,(H,18,20)/p+1. The number of quaternary nitrogens is 1. The van der Waals surface area contributed by atoms with E-state index in [1.165, 1.54) is 21.1 Å². The molecule has 4 N–H and O–H groups in total. The summed E-state index contributed by atoms with van der Waals surface area (Å²) in [5.41, 5.74) is 8.52. The fourth-order valence-corrected chi connectivity index (χ4v) is 4.05. The van der Waals surface area contributed by atoms with Crippen molar-refractivity contribution in [1.29, 1.82) is 0 Å². The van der Waals surface area contributed by atoms with Gasteiger partial charge in [0.15, 0.2) is 0 Å². The Morgan fingerprint density at radius 2 is 2.18 bits per heavy atom. The molecule has 1 amide bonds. The van der Waals surface area contributed by atoms with Crippen molar-refractivity contribution in [2.75, 3.05) is 31.8 Å². The highest BCUT2D eigenvalue weighted by molar-refractivity contribution is 7.16. The molecule has 0 bridgehead atoms. The Morgan fingerprint density at radius 1 is 1.41 bits per heavy atom. The lowest BCUT2D eigenvalue weighted by Crippen LogP contribution is -3.08. The molecule has 3 rings (SSSR count). The number of methoxy groups -OCH3 is 1. The van der Waals surface area contributed by atoms with Crippen LogP contribution in [0.15, 0.2) is 24.3 Å². The zero-order chi connectivity index (χ0) is 15.7. The monoisotopic (exact) mass is 318 g/mol. The Hall–Kier alpha value is -2.05. The molecule has 0 radical (unpaired) electrons. The summed E-state index contributed by atoms with van der Waals surface area (Å²) in [6, 6.07) is 7.38. The summed E-state index contributed by atoms with van der Waals surface area (Å²) in [6.07, 6.45) is 0.892. The van der Waals surface area contributed by atoms with Crippen LogP contribution in [-0.2, 0) is 13.0 Å². The number of nitrogens with one attached hydrogen (secondary N) is 2. The fraction of sp³-hybridized carbons (Fsp3) is 0.312. The number of benzene rings is 1. The fourth-order valence-electron chi connectivity index (χ4n) is 2.82. The van der Waals surface area contributed by atoms with Crippen molar-refractivity contribution in [2.45, 2.75) is 13.0 Å². The van der Waals surface area contributed by atoms with Crippen LogP contribution < -0.4 is 20.7 Å². The maximum atomic E-state index is 12.7. The average Bonchev–Trinajstić information content (AvgIpc) is 2.82. The van der Waals surface area contributed by atoms with Crippen molar-refractivity contribution in [2.24, 2.45) is 0 Å². The van der Waals surface area contributed by atoms with Crippen molar-refractivity contribution in [3.63, 3.8) is 0 Å². The first-order valence-electron chi connectivity index (χ1n) is 7.25. The third kappa shape index (κ3) is 2.67. The molecule has 0 saturated heterocycles. The number of thiophene rings is 1. The van der Waals surface area contributed by atoms with Gasteiger partial charge in [0.2, 0.25) is 0 Å². The lowest BCUT2D eigenvalue weighted by atomic mass is 10.0. The molecule has 1 aromatic heterocycles. The van der Waals surface area contributed by atoms with Gasteiger partial charge in [-0.15, -0.1) is 11.3 Å². The van der Waals surface area contributed by atoms with E-state index >= 15 is 0 Å². The molecule has 1 aliphatic heterocycles. The Kier molecular flexibility index (Phi) is 4.04. The number of hydrogen-bond acceptors (Lipinski definition) is 4. The summed E-state index contributed by atoms with van der Waals surface area (Å²) in [5, 5.41) is 3.53.